The van der Waals surface area contributed by atoms with E-state index in [0.717, 1.165) is 13.1 Å². The van der Waals surface area contributed by atoms with Gasteiger partial charge in [-0.25, -0.2) is 0 Å². The molecule has 0 saturated heterocycles. The molecule has 2 aromatic heterocycles. The number of alkyl halides is 2. The van der Waals surface area contributed by atoms with Crippen molar-refractivity contribution in [3.8, 4) is 22.9 Å². The number of rotatable bonds is 9. The first-order valence-electron chi connectivity index (χ1n) is 8.29. The average molecular weight is 395 g/mol. The van der Waals surface area contributed by atoms with Gasteiger partial charge in [0.2, 0.25) is 11.7 Å². The lowest BCUT2D eigenvalue weighted by Crippen LogP contribution is -2.21. The largest absolute Gasteiger partial charge is 0.493 e. The molecule has 9 heteroatoms. The molecule has 27 heavy (non-hydrogen) atoms. The standard InChI is InChI=1S/C18H19F2N3O3S/c1-3-23(10-13-5-4-8-27-13)11-16-21-17(22-26-16)12-6-7-14(25-18(19)20)15(9-12)24-2/h4-9,18H,3,10-11H2,1-2H3. The van der Waals surface area contributed by atoms with Gasteiger partial charge in [0.1, 0.15) is 0 Å². The number of hydrogen-bond donors (Lipinski definition) is 0. The topological polar surface area (TPSA) is 60.6 Å². The molecule has 144 valence electrons. The first-order valence-corrected chi connectivity index (χ1v) is 9.17. The van der Waals surface area contributed by atoms with Crippen LogP contribution in [-0.4, -0.2) is 35.3 Å². The van der Waals surface area contributed by atoms with E-state index in [1.54, 1.807) is 17.4 Å². The second-order valence-corrected chi connectivity index (χ2v) is 6.67. The van der Waals surface area contributed by atoms with Crippen molar-refractivity contribution in [1.82, 2.24) is 15.0 Å². The summed E-state index contributed by atoms with van der Waals surface area (Å²) in [5.41, 5.74) is 0.588. The molecule has 0 fully saturated rings. The van der Waals surface area contributed by atoms with E-state index in [4.69, 9.17) is 9.26 Å². The summed E-state index contributed by atoms with van der Waals surface area (Å²) in [5.74, 6) is 0.967. The van der Waals surface area contributed by atoms with Crippen molar-refractivity contribution in [3.63, 3.8) is 0 Å². The van der Waals surface area contributed by atoms with Gasteiger partial charge in [0.15, 0.2) is 11.5 Å². The zero-order valence-corrected chi connectivity index (χ0v) is 15.7. The Balaban J connectivity index is 1.73. The highest BCUT2D eigenvalue weighted by Crippen LogP contribution is 2.32. The van der Waals surface area contributed by atoms with Crippen LogP contribution >= 0.6 is 11.3 Å². The molecule has 0 bridgehead atoms. The molecule has 0 amide bonds. The summed E-state index contributed by atoms with van der Waals surface area (Å²) in [6.07, 6.45) is 0. The SMILES string of the molecule is CCN(Cc1nc(-c2ccc(OC(F)F)c(OC)c2)no1)Cc1cccs1. The highest BCUT2D eigenvalue weighted by atomic mass is 32.1. The minimum Gasteiger partial charge on any atom is -0.493 e. The Morgan fingerprint density at radius 2 is 2.07 bits per heavy atom. The predicted molar refractivity (Wildman–Crippen MR) is 97.0 cm³/mol. The number of benzene rings is 1. The lowest BCUT2D eigenvalue weighted by Gasteiger charge is -2.16. The zero-order chi connectivity index (χ0) is 19.2. The third-order valence-electron chi connectivity index (χ3n) is 3.87. The van der Waals surface area contributed by atoms with Crippen LogP contribution in [0.2, 0.25) is 0 Å². The summed E-state index contributed by atoms with van der Waals surface area (Å²) in [5, 5.41) is 6.03. The predicted octanol–water partition coefficient (Wildman–Crippen LogP) is 4.43. The summed E-state index contributed by atoms with van der Waals surface area (Å²) >= 11 is 1.70. The Morgan fingerprint density at radius 1 is 1.22 bits per heavy atom. The maximum absolute atomic E-state index is 12.4. The van der Waals surface area contributed by atoms with Gasteiger partial charge in [-0.15, -0.1) is 11.3 Å². The Kier molecular flexibility index (Phi) is 6.36. The number of ether oxygens (including phenoxy) is 2. The molecule has 0 aliphatic heterocycles. The van der Waals surface area contributed by atoms with Crippen molar-refractivity contribution in [1.29, 1.82) is 0 Å². The Labute approximate surface area is 159 Å². The van der Waals surface area contributed by atoms with Crippen molar-refractivity contribution >= 4 is 11.3 Å². The molecular weight excluding hydrogens is 376 g/mol. The molecule has 0 saturated carbocycles. The van der Waals surface area contributed by atoms with E-state index in [0.29, 0.717) is 23.8 Å². The number of hydrogen-bond acceptors (Lipinski definition) is 7. The molecule has 0 aliphatic rings. The van der Waals surface area contributed by atoms with Gasteiger partial charge in [-0.05, 0) is 36.2 Å². The normalized spacial score (nSPS) is 11.3. The van der Waals surface area contributed by atoms with Gasteiger partial charge in [-0.2, -0.15) is 13.8 Å². The maximum atomic E-state index is 12.4. The highest BCUT2D eigenvalue weighted by molar-refractivity contribution is 7.09. The summed E-state index contributed by atoms with van der Waals surface area (Å²) in [7, 11) is 1.38. The molecule has 0 radical (unpaired) electrons. The van der Waals surface area contributed by atoms with Crippen LogP contribution in [0.15, 0.2) is 40.2 Å². The van der Waals surface area contributed by atoms with E-state index in [2.05, 4.69) is 32.8 Å². The van der Waals surface area contributed by atoms with Crippen LogP contribution in [0.3, 0.4) is 0 Å². The molecule has 0 aliphatic carbocycles. The van der Waals surface area contributed by atoms with Gasteiger partial charge >= 0.3 is 6.61 Å². The Hall–Kier alpha value is -2.52. The van der Waals surface area contributed by atoms with Crippen molar-refractivity contribution in [2.75, 3.05) is 13.7 Å². The van der Waals surface area contributed by atoms with E-state index in [1.807, 2.05) is 11.4 Å². The van der Waals surface area contributed by atoms with Crippen molar-refractivity contribution in [2.45, 2.75) is 26.6 Å². The van der Waals surface area contributed by atoms with E-state index in [-0.39, 0.29) is 11.5 Å². The maximum Gasteiger partial charge on any atom is 0.387 e. The number of halogens is 2. The minimum atomic E-state index is -2.93. The minimum absolute atomic E-state index is 0.0481. The molecule has 0 N–H and O–H groups in total. The van der Waals surface area contributed by atoms with Crippen molar-refractivity contribution in [2.24, 2.45) is 0 Å². The fourth-order valence-electron chi connectivity index (χ4n) is 2.53. The first-order chi connectivity index (χ1) is 13.1. The van der Waals surface area contributed by atoms with E-state index >= 15 is 0 Å². The summed E-state index contributed by atoms with van der Waals surface area (Å²) < 4.78 is 39.7. The molecule has 1 aromatic carbocycles. The summed E-state index contributed by atoms with van der Waals surface area (Å²) in [4.78, 5) is 7.85. The van der Waals surface area contributed by atoms with Gasteiger partial charge in [0, 0.05) is 17.0 Å². The molecular formula is C18H19F2N3O3S. The second kappa shape index (κ2) is 8.92. The number of nitrogens with zero attached hydrogens (tertiary/aromatic N) is 3. The third-order valence-corrected chi connectivity index (χ3v) is 4.73. The summed E-state index contributed by atoms with van der Waals surface area (Å²) in [6, 6.07) is 8.62. The highest BCUT2D eigenvalue weighted by Gasteiger charge is 2.16. The third kappa shape index (κ3) is 5.01. The van der Waals surface area contributed by atoms with Crippen molar-refractivity contribution < 1.29 is 22.8 Å². The fourth-order valence-corrected chi connectivity index (χ4v) is 3.28. The van der Waals surface area contributed by atoms with Crippen molar-refractivity contribution in [3.05, 3.63) is 46.5 Å². The van der Waals surface area contributed by atoms with Gasteiger partial charge in [-0.1, -0.05) is 18.1 Å². The van der Waals surface area contributed by atoms with E-state index in [1.165, 1.54) is 24.1 Å². The first kappa shape index (κ1) is 19.2. The molecule has 2 heterocycles. The molecule has 6 nitrogen and oxygen atoms in total. The monoisotopic (exact) mass is 395 g/mol. The lowest BCUT2D eigenvalue weighted by molar-refractivity contribution is -0.0512. The average Bonchev–Trinajstić information content (AvgIpc) is 3.33. The van der Waals surface area contributed by atoms with Gasteiger partial charge in [0.05, 0.1) is 13.7 Å². The Bertz CT molecular complexity index is 855. The van der Waals surface area contributed by atoms with Gasteiger partial charge < -0.3 is 14.0 Å². The fraction of sp³-hybridized carbons (Fsp3) is 0.333. The molecule has 3 rings (SSSR count). The zero-order valence-electron chi connectivity index (χ0n) is 14.9. The van der Waals surface area contributed by atoms with Crippen LogP contribution < -0.4 is 9.47 Å². The number of aromatic nitrogens is 2. The van der Waals surface area contributed by atoms with Gasteiger partial charge in [-0.3, -0.25) is 4.90 Å². The number of methoxy groups -OCH3 is 1. The van der Waals surface area contributed by atoms with E-state index in [9.17, 15) is 8.78 Å². The van der Waals surface area contributed by atoms with E-state index < -0.39 is 6.61 Å². The molecule has 0 spiro atoms. The van der Waals surface area contributed by atoms with Crippen LogP contribution in [0, 0.1) is 0 Å². The Morgan fingerprint density at radius 3 is 2.74 bits per heavy atom. The summed E-state index contributed by atoms with van der Waals surface area (Å²) in [6.45, 7) is 1.30. The smallest absolute Gasteiger partial charge is 0.387 e. The van der Waals surface area contributed by atoms with Crippen LogP contribution in [0.4, 0.5) is 8.78 Å². The quantitative estimate of drug-likeness (QED) is 0.534. The molecule has 0 atom stereocenters. The van der Waals surface area contributed by atoms with Gasteiger partial charge in [0.25, 0.3) is 0 Å². The van der Waals surface area contributed by atoms with Crippen LogP contribution in [-0.2, 0) is 13.1 Å². The van der Waals surface area contributed by atoms with Crippen LogP contribution in [0.25, 0.3) is 11.4 Å². The lowest BCUT2D eigenvalue weighted by atomic mass is 10.2. The molecule has 3 aromatic rings. The molecule has 0 unspecified atom stereocenters. The second-order valence-electron chi connectivity index (χ2n) is 5.64. The number of thiophene rings is 1. The van der Waals surface area contributed by atoms with Crippen LogP contribution in [0.1, 0.15) is 17.7 Å². The van der Waals surface area contributed by atoms with Crippen LogP contribution in [0.5, 0.6) is 11.5 Å².